The summed E-state index contributed by atoms with van der Waals surface area (Å²) < 4.78 is 5.34. The van der Waals surface area contributed by atoms with E-state index in [2.05, 4.69) is 6.08 Å². The molecular formula is C9H8CrNi2OZn. The first kappa shape index (κ1) is 20.3. The molecule has 0 unspecified atom stereocenters. The average molecular weight is 367 g/mol. The van der Waals surface area contributed by atoms with Gasteiger partial charge in [-0.05, 0) is 12.1 Å². The first-order valence-corrected chi connectivity index (χ1v) is 3.35. The summed E-state index contributed by atoms with van der Waals surface area (Å²) in [4.78, 5) is 0. The van der Waals surface area contributed by atoms with E-state index >= 15 is 0 Å². The Morgan fingerprint density at radius 2 is 1.71 bits per heavy atom. The predicted octanol–water partition coefficient (Wildman–Crippen LogP) is 2.08. The Bertz CT molecular complexity index is 281. The molecule has 0 spiro atoms. The molecule has 0 atom stereocenters. The largest absolute Gasteiger partial charge is 0.489 e. The summed E-state index contributed by atoms with van der Waals surface area (Å²) in [7, 11) is 0. The maximum absolute atomic E-state index is 5.34. The molecule has 0 aliphatic carbocycles. The maximum Gasteiger partial charge on any atom is 0.126 e. The molecule has 5 heteroatoms. The third-order valence-corrected chi connectivity index (χ3v) is 1.55. The van der Waals surface area contributed by atoms with Crippen molar-refractivity contribution in [1.82, 2.24) is 0 Å². The fourth-order valence-corrected chi connectivity index (χ4v) is 1.06. The van der Waals surface area contributed by atoms with Crippen LogP contribution in [0.5, 0.6) is 5.75 Å². The second-order valence-electron chi connectivity index (χ2n) is 2.25. The molecule has 2 rings (SSSR count). The molecule has 0 saturated carbocycles. The number of ether oxygens (including phenoxy) is 1. The summed E-state index contributed by atoms with van der Waals surface area (Å²) in [6, 6.07) is 8.03. The van der Waals surface area contributed by atoms with Gasteiger partial charge in [0.1, 0.15) is 12.4 Å². The number of rotatable bonds is 0. The average Bonchev–Trinajstić information content (AvgIpc) is 2.05. The van der Waals surface area contributed by atoms with Crippen LogP contribution in [0.1, 0.15) is 5.56 Å². The van der Waals surface area contributed by atoms with Crippen LogP contribution in [0, 0.1) is 0 Å². The van der Waals surface area contributed by atoms with Crippen molar-refractivity contribution >= 4 is 6.08 Å². The minimum atomic E-state index is 0. The van der Waals surface area contributed by atoms with Crippen LogP contribution in [-0.2, 0) is 69.8 Å². The topological polar surface area (TPSA) is 9.23 Å². The van der Waals surface area contributed by atoms with Crippen molar-refractivity contribution in [3.05, 3.63) is 35.9 Å². The van der Waals surface area contributed by atoms with Gasteiger partial charge in [0.2, 0.25) is 0 Å². The zero-order valence-corrected chi connectivity index (χ0v) is 13.5. The minimum Gasteiger partial charge on any atom is -0.489 e. The molecule has 0 aromatic heterocycles. The Labute approximate surface area is 128 Å². The van der Waals surface area contributed by atoms with Crippen molar-refractivity contribution in [2.24, 2.45) is 0 Å². The van der Waals surface area contributed by atoms with Crippen LogP contribution < -0.4 is 4.74 Å². The van der Waals surface area contributed by atoms with Crippen molar-refractivity contribution in [3.8, 4) is 5.75 Å². The van der Waals surface area contributed by atoms with E-state index in [0.29, 0.717) is 6.61 Å². The molecule has 0 saturated heterocycles. The quantitative estimate of drug-likeness (QED) is 0.639. The number of fused-ring (bicyclic) bond motifs is 1. The minimum absolute atomic E-state index is 0. The summed E-state index contributed by atoms with van der Waals surface area (Å²) in [5.41, 5.74) is 1.17. The molecule has 1 heterocycles. The number of para-hydroxylation sites is 1. The van der Waals surface area contributed by atoms with Gasteiger partial charge in [-0.15, -0.1) is 0 Å². The van der Waals surface area contributed by atoms with E-state index in [1.54, 1.807) is 0 Å². The van der Waals surface area contributed by atoms with E-state index in [9.17, 15) is 0 Å². The third-order valence-electron chi connectivity index (χ3n) is 1.55. The van der Waals surface area contributed by atoms with Crippen molar-refractivity contribution < 1.29 is 74.6 Å². The van der Waals surface area contributed by atoms with Gasteiger partial charge in [0.15, 0.2) is 0 Å². The van der Waals surface area contributed by atoms with Crippen molar-refractivity contribution in [1.29, 1.82) is 0 Å². The molecule has 0 N–H and O–H groups in total. The van der Waals surface area contributed by atoms with E-state index in [0.717, 1.165) is 5.75 Å². The Hall–Kier alpha value is 0.903. The number of hydrogen-bond acceptors (Lipinski definition) is 1. The van der Waals surface area contributed by atoms with E-state index in [4.69, 9.17) is 4.74 Å². The van der Waals surface area contributed by atoms with Crippen molar-refractivity contribution in [2.45, 2.75) is 0 Å². The summed E-state index contributed by atoms with van der Waals surface area (Å²) in [6.07, 6.45) is 4.10. The van der Waals surface area contributed by atoms with Gasteiger partial charge >= 0.3 is 0 Å². The summed E-state index contributed by atoms with van der Waals surface area (Å²) in [5, 5.41) is 0. The molecule has 0 bridgehead atoms. The monoisotopic (exact) mass is 364 g/mol. The Kier molecular flexibility index (Phi) is 15.1. The van der Waals surface area contributed by atoms with Gasteiger partial charge in [0.05, 0.1) is 0 Å². The predicted molar refractivity (Wildman–Crippen MR) is 41.0 cm³/mol. The van der Waals surface area contributed by atoms with Crippen molar-refractivity contribution in [3.63, 3.8) is 0 Å². The summed E-state index contributed by atoms with van der Waals surface area (Å²) in [6.45, 7) is 0.705. The van der Waals surface area contributed by atoms with E-state index in [1.165, 1.54) is 5.56 Å². The van der Waals surface area contributed by atoms with Crippen LogP contribution in [0.4, 0.5) is 0 Å². The Balaban J connectivity index is -0.000000302. The van der Waals surface area contributed by atoms with Crippen molar-refractivity contribution in [2.75, 3.05) is 6.61 Å². The van der Waals surface area contributed by atoms with Crippen LogP contribution in [0.15, 0.2) is 30.3 Å². The van der Waals surface area contributed by atoms with Gasteiger partial charge in [-0.1, -0.05) is 24.3 Å². The van der Waals surface area contributed by atoms with E-state index in [1.807, 2.05) is 30.3 Å². The first-order chi connectivity index (χ1) is 4.97. The van der Waals surface area contributed by atoms with Crippen LogP contribution >= 0.6 is 0 Å². The molecular weight excluding hydrogens is 359 g/mol. The molecule has 1 aliphatic rings. The van der Waals surface area contributed by atoms with Gasteiger partial charge in [0.25, 0.3) is 0 Å². The van der Waals surface area contributed by atoms with Gasteiger partial charge < -0.3 is 4.74 Å². The normalized spacial score (nSPS) is 10.0. The second kappa shape index (κ2) is 10.4. The second-order valence-corrected chi connectivity index (χ2v) is 2.25. The standard InChI is InChI=1S/C9H8O.Cr.2Ni.Zn/c1-2-6-9-8(4-1)5-3-7-10-9;;;;/h1-6H,7H2;;;;. The maximum atomic E-state index is 5.34. The fourth-order valence-electron chi connectivity index (χ4n) is 1.06. The first-order valence-electron chi connectivity index (χ1n) is 3.35. The molecule has 0 radical (unpaired) electrons. The fraction of sp³-hybridized carbons (Fsp3) is 0.111. The molecule has 78 valence electrons. The number of hydrogen-bond donors (Lipinski definition) is 0. The Morgan fingerprint density at radius 1 is 1.07 bits per heavy atom. The van der Waals surface area contributed by atoms with E-state index < -0.39 is 0 Å². The molecule has 1 aromatic rings. The molecule has 1 aliphatic heterocycles. The van der Waals surface area contributed by atoms with Gasteiger partial charge in [0, 0.05) is 75.4 Å². The molecule has 14 heavy (non-hydrogen) atoms. The summed E-state index contributed by atoms with van der Waals surface area (Å²) in [5.74, 6) is 0.991. The smallest absolute Gasteiger partial charge is 0.126 e. The molecule has 1 aromatic carbocycles. The zero-order chi connectivity index (χ0) is 6.81. The zero-order valence-electron chi connectivity index (χ0n) is 7.33. The molecule has 1 nitrogen and oxygen atoms in total. The molecule has 0 amide bonds. The van der Waals surface area contributed by atoms with Crippen LogP contribution in [0.2, 0.25) is 0 Å². The summed E-state index contributed by atoms with van der Waals surface area (Å²) >= 11 is 0. The SMILES string of the molecule is C1=Cc2ccccc2OC1.[Cr].[Ni].[Ni].[Zn]. The van der Waals surface area contributed by atoms with Gasteiger partial charge in [-0.25, -0.2) is 0 Å². The van der Waals surface area contributed by atoms with E-state index in [-0.39, 0.29) is 69.8 Å². The molecule has 0 fully saturated rings. The van der Waals surface area contributed by atoms with Crippen LogP contribution in [0.3, 0.4) is 0 Å². The van der Waals surface area contributed by atoms with Gasteiger partial charge in [-0.3, -0.25) is 0 Å². The van der Waals surface area contributed by atoms with Crippen LogP contribution in [-0.4, -0.2) is 6.61 Å². The van der Waals surface area contributed by atoms with Gasteiger partial charge in [-0.2, -0.15) is 0 Å². The van der Waals surface area contributed by atoms with Crippen LogP contribution in [0.25, 0.3) is 6.08 Å². The Morgan fingerprint density at radius 3 is 2.36 bits per heavy atom. The number of benzene rings is 1. The third kappa shape index (κ3) is 5.12.